The number of carbonyl (C=O) groups is 1. The summed E-state index contributed by atoms with van der Waals surface area (Å²) in [5, 5.41) is 8.38. The third-order valence-electron chi connectivity index (χ3n) is 0.830. The summed E-state index contributed by atoms with van der Waals surface area (Å²) in [5.74, 6) is -1.15. The molecule has 0 unspecified atom stereocenters. The molecule has 1 heterocycles. The maximum absolute atomic E-state index is 10.2. The fourth-order valence-corrected chi connectivity index (χ4v) is 1.34. The van der Waals surface area contributed by atoms with E-state index < -0.39 is 5.97 Å². The van der Waals surface area contributed by atoms with Gasteiger partial charge in [0.15, 0.2) is 10.2 Å². The Kier molecular flexibility index (Phi) is 1.96. The quantitative estimate of drug-likeness (QED) is 0.621. The average molecular weight is 173 g/mol. The van der Waals surface area contributed by atoms with Gasteiger partial charge in [0, 0.05) is 0 Å². The molecule has 0 aliphatic carbocycles. The molecule has 2 radical (unpaired) electrons. The summed E-state index contributed by atoms with van der Waals surface area (Å²) >= 11 is 6.32. The maximum Gasteiger partial charge on any atom is 0.354 e. The SMILES string of the molecule is [B]c1sc(Cl)nc1C(=O)O. The van der Waals surface area contributed by atoms with Gasteiger partial charge < -0.3 is 5.11 Å². The van der Waals surface area contributed by atoms with Crippen LogP contribution in [0.5, 0.6) is 0 Å². The van der Waals surface area contributed by atoms with Gasteiger partial charge in [-0.2, -0.15) is 0 Å². The van der Waals surface area contributed by atoms with Gasteiger partial charge in [0.05, 0.1) is 0 Å². The highest BCUT2D eigenvalue weighted by atomic mass is 35.5. The van der Waals surface area contributed by atoms with Gasteiger partial charge in [-0.25, -0.2) is 9.78 Å². The van der Waals surface area contributed by atoms with Crippen molar-refractivity contribution in [2.75, 3.05) is 0 Å². The number of carboxylic acid groups (broad SMARTS) is 1. The molecule has 50 valence electrons. The van der Waals surface area contributed by atoms with Crippen molar-refractivity contribution in [1.82, 2.24) is 4.98 Å². The van der Waals surface area contributed by atoms with Crippen LogP contribution in [0.4, 0.5) is 0 Å². The number of thiazole rings is 1. The van der Waals surface area contributed by atoms with Crippen molar-refractivity contribution in [3.8, 4) is 0 Å². The van der Waals surface area contributed by atoms with E-state index in [0.717, 1.165) is 11.3 Å². The molecule has 0 aliphatic heterocycles. The van der Waals surface area contributed by atoms with Crippen LogP contribution in [0.1, 0.15) is 10.5 Å². The molecule has 1 rings (SSSR count). The smallest absolute Gasteiger partial charge is 0.354 e. The Morgan fingerprint density at radius 3 is 2.60 bits per heavy atom. The molecule has 0 saturated carbocycles. The predicted molar refractivity (Wildman–Crippen MR) is 39.5 cm³/mol. The number of carboxylic acids is 1. The second-order valence-corrected chi connectivity index (χ2v) is 3.10. The van der Waals surface area contributed by atoms with Crippen LogP contribution in [0.25, 0.3) is 0 Å². The first-order valence-electron chi connectivity index (χ1n) is 2.26. The molecule has 1 aromatic heterocycles. The molecule has 0 aromatic carbocycles. The number of rotatable bonds is 1. The van der Waals surface area contributed by atoms with E-state index in [4.69, 9.17) is 24.6 Å². The fraction of sp³-hybridized carbons (Fsp3) is 0. The van der Waals surface area contributed by atoms with Gasteiger partial charge >= 0.3 is 5.97 Å². The van der Waals surface area contributed by atoms with Gasteiger partial charge in [-0.1, -0.05) is 11.6 Å². The van der Waals surface area contributed by atoms with Gasteiger partial charge in [0.1, 0.15) is 7.85 Å². The van der Waals surface area contributed by atoms with Crippen LogP contribution in [0.3, 0.4) is 0 Å². The van der Waals surface area contributed by atoms with Crippen molar-refractivity contribution in [1.29, 1.82) is 0 Å². The van der Waals surface area contributed by atoms with E-state index in [1.54, 1.807) is 0 Å². The van der Waals surface area contributed by atoms with Gasteiger partial charge in [-0.3, -0.25) is 0 Å². The van der Waals surface area contributed by atoms with Crippen LogP contribution in [0.2, 0.25) is 4.47 Å². The Bertz CT molecular complexity index is 274. The lowest BCUT2D eigenvalue weighted by Crippen LogP contribution is -2.10. The Morgan fingerprint density at radius 1 is 1.80 bits per heavy atom. The zero-order valence-corrected chi connectivity index (χ0v) is 6.24. The first-order valence-corrected chi connectivity index (χ1v) is 3.46. The maximum atomic E-state index is 10.2. The number of aromatic nitrogens is 1. The molecule has 3 nitrogen and oxygen atoms in total. The van der Waals surface area contributed by atoms with Gasteiger partial charge in [0.2, 0.25) is 0 Å². The van der Waals surface area contributed by atoms with Crippen LogP contribution in [0, 0.1) is 0 Å². The summed E-state index contributed by atoms with van der Waals surface area (Å²) in [6, 6.07) is 0. The molecule has 0 bridgehead atoms. The molecule has 0 amide bonds. The van der Waals surface area contributed by atoms with Crippen LogP contribution in [-0.4, -0.2) is 23.9 Å². The zero-order valence-electron chi connectivity index (χ0n) is 4.67. The lowest BCUT2D eigenvalue weighted by molar-refractivity contribution is 0.0693. The topological polar surface area (TPSA) is 50.2 Å². The molecule has 1 N–H and O–H groups in total. The van der Waals surface area contributed by atoms with Gasteiger partial charge in [0.25, 0.3) is 0 Å². The van der Waals surface area contributed by atoms with Crippen LogP contribution >= 0.6 is 22.9 Å². The highest BCUT2D eigenvalue weighted by Gasteiger charge is 2.11. The molecule has 0 fully saturated rings. The third kappa shape index (κ3) is 1.30. The van der Waals surface area contributed by atoms with Crippen molar-refractivity contribution in [2.24, 2.45) is 0 Å². The van der Waals surface area contributed by atoms with E-state index >= 15 is 0 Å². The summed E-state index contributed by atoms with van der Waals surface area (Å²) in [4.78, 5) is 13.7. The summed E-state index contributed by atoms with van der Waals surface area (Å²) in [7, 11) is 5.23. The number of hydrogen-bond acceptors (Lipinski definition) is 3. The molecule has 0 saturated heterocycles. The molecule has 0 spiro atoms. The van der Waals surface area contributed by atoms with E-state index in [1.165, 1.54) is 0 Å². The molecular formula is C4HBClNO2S. The Hall–Kier alpha value is -0.545. The normalized spacial score (nSPS) is 9.70. The fourth-order valence-electron chi connectivity index (χ4n) is 0.458. The third-order valence-corrected chi connectivity index (χ3v) is 1.82. The van der Waals surface area contributed by atoms with Gasteiger partial charge in [-0.15, -0.1) is 11.3 Å². The minimum Gasteiger partial charge on any atom is -0.477 e. The second-order valence-electron chi connectivity index (χ2n) is 1.48. The highest BCUT2D eigenvalue weighted by molar-refractivity contribution is 7.23. The van der Waals surface area contributed by atoms with E-state index in [-0.39, 0.29) is 14.9 Å². The molecule has 6 heteroatoms. The Morgan fingerprint density at radius 2 is 2.40 bits per heavy atom. The molecule has 0 atom stereocenters. The number of halogens is 1. The van der Waals surface area contributed by atoms with Crippen molar-refractivity contribution in [3.63, 3.8) is 0 Å². The standard InChI is InChI=1S/C4HBClNO2S/c5-2-1(3(8)9)7-4(6)10-2/h(H,8,9). The van der Waals surface area contributed by atoms with E-state index in [9.17, 15) is 4.79 Å². The lowest BCUT2D eigenvalue weighted by atomic mass is 10.1. The van der Waals surface area contributed by atoms with E-state index in [2.05, 4.69) is 4.98 Å². The summed E-state index contributed by atoms with van der Waals surface area (Å²) in [5.41, 5.74) is -0.171. The molecular weight excluding hydrogens is 172 g/mol. The summed E-state index contributed by atoms with van der Waals surface area (Å²) in [6.07, 6.45) is 0. The average Bonchev–Trinajstić information content (AvgIpc) is 2.10. The van der Waals surface area contributed by atoms with Crippen LogP contribution in [0.15, 0.2) is 0 Å². The van der Waals surface area contributed by atoms with E-state index in [0.29, 0.717) is 0 Å². The molecule has 10 heavy (non-hydrogen) atoms. The summed E-state index contributed by atoms with van der Waals surface area (Å²) < 4.78 is 0.285. The molecule has 1 aromatic rings. The van der Waals surface area contributed by atoms with Crippen molar-refractivity contribution in [3.05, 3.63) is 10.2 Å². The lowest BCUT2D eigenvalue weighted by Gasteiger charge is -1.84. The van der Waals surface area contributed by atoms with Crippen LogP contribution < -0.4 is 4.78 Å². The monoisotopic (exact) mass is 173 g/mol. The van der Waals surface area contributed by atoms with Crippen molar-refractivity contribution >= 4 is 41.5 Å². The van der Waals surface area contributed by atoms with Crippen LogP contribution in [-0.2, 0) is 0 Å². The second kappa shape index (κ2) is 2.60. The zero-order chi connectivity index (χ0) is 7.72. The summed E-state index contributed by atoms with van der Waals surface area (Å²) in [6.45, 7) is 0. The molecule has 0 aliphatic rings. The first kappa shape index (κ1) is 7.56. The Labute approximate surface area is 67.1 Å². The highest BCUT2D eigenvalue weighted by Crippen LogP contribution is 2.11. The minimum absolute atomic E-state index is 0.137. The van der Waals surface area contributed by atoms with E-state index in [1.807, 2.05) is 0 Å². The first-order chi connectivity index (χ1) is 4.61. The predicted octanol–water partition coefficient (Wildman–Crippen LogP) is 0.288. The Balaban J connectivity index is 3.15. The largest absolute Gasteiger partial charge is 0.477 e. The number of hydrogen-bond donors (Lipinski definition) is 1. The van der Waals surface area contributed by atoms with Gasteiger partial charge in [-0.05, 0) is 4.78 Å². The van der Waals surface area contributed by atoms with Crippen molar-refractivity contribution in [2.45, 2.75) is 0 Å². The van der Waals surface area contributed by atoms with Crippen molar-refractivity contribution < 1.29 is 9.90 Å². The minimum atomic E-state index is -1.15. The number of nitrogens with zero attached hydrogens (tertiary/aromatic N) is 1. The number of aromatic carboxylic acids is 1.